The molecule has 3 heteroatoms. The second-order valence-electron chi connectivity index (χ2n) is 3.68. The van der Waals surface area contributed by atoms with Gasteiger partial charge in [0.1, 0.15) is 5.75 Å². The Kier molecular flexibility index (Phi) is 5.90. The smallest absolute Gasteiger partial charge is 0.121 e. The molecule has 1 aromatic carbocycles. The van der Waals surface area contributed by atoms with Crippen molar-refractivity contribution in [1.82, 2.24) is 5.32 Å². The largest absolute Gasteiger partial charge is 0.496 e. The molecule has 1 N–H and O–H groups in total. The summed E-state index contributed by atoms with van der Waals surface area (Å²) in [6.07, 6.45) is 0. The van der Waals surface area contributed by atoms with Crippen LogP contribution in [-0.4, -0.2) is 26.9 Å². The molecule has 1 aromatic rings. The molecular weight excluding hydrogens is 202 g/mol. The number of rotatable bonds is 7. The van der Waals surface area contributed by atoms with Gasteiger partial charge in [0.15, 0.2) is 0 Å². The highest BCUT2D eigenvalue weighted by molar-refractivity contribution is 5.36. The van der Waals surface area contributed by atoms with Gasteiger partial charge in [0.05, 0.1) is 13.7 Å². The highest BCUT2D eigenvalue weighted by Crippen LogP contribution is 2.18. The van der Waals surface area contributed by atoms with Gasteiger partial charge in [-0.3, -0.25) is 0 Å². The van der Waals surface area contributed by atoms with Crippen molar-refractivity contribution in [3.05, 3.63) is 29.3 Å². The van der Waals surface area contributed by atoms with E-state index in [4.69, 9.17) is 9.47 Å². The zero-order chi connectivity index (χ0) is 11.8. The highest BCUT2D eigenvalue weighted by Gasteiger charge is 1.99. The van der Waals surface area contributed by atoms with Crippen molar-refractivity contribution >= 4 is 0 Å². The molecule has 0 amide bonds. The number of hydrogen-bond donors (Lipinski definition) is 1. The predicted molar refractivity (Wildman–Crippen MR) is 65.9 cm³/mol. The van der Waals surface area contributed by atoms with E-state index in [0.717, 1.165) is 32.1 Å². The van der Waals surface area contributed by atoms with E-state index in [1.54, 1.807) is 7.11 Å². The van der Waals surface area contributed by atoms with Crippen LogP contribution in [-0.2, 0) is 11.3 Å². The number of methoxy groups -OCH3 is 1. The van der Waals surface area contributed by atoms with Crippen LogP contribution in [0.15, 0.2) is 18.2 Å². The Morgan fingerprint density at radius 1 is 1.31 bits per heavy atom. The van der Waals surface area contributed by atoms with Crippen molar-refractivity contribution in [3.8, 4) is 5.75 Å². The molecule has 0 radical (unpaired) electrons. The summed E-state index contributed by atoms with van der Waals surface area (Å²) in [5, 5.41) is 3.34. The SMILES string of the molecule is CCOCCNCc1ccc(OC)c(C)c1. The lowest BCUT2D eigenvalue weighted by molar-refractivity contribution is 0.149. The predicted octanol–water partition coefficient (Wildman–Crippen LogP) is 2.13. The molecule has 0 spiro atoms. The molecule has 0 fully saturated rings. The Bertz CT molecular complexity index is 313. The number of nitrogens with one attached hydrogen (secondary N) is 1. The van der Waals surface area contributed by atoms with Gasteiger partial charge in [-0.05, 0) is 31.0 Å². The normalized spacial score (nSPS) is 10.4. The Labute approximate surface area is 97.8 Å². The number of ether oxygens (including phenoxy) is 2. The molecule has 90 valence electrons. The van der Waals surface area contributed by atoms with Gasteiger partial charge in [0.25, 0.3) is 0 Å². The lowest BCUT2D eigenvalue weighted by Gasteiger charge is -2.08. The first-order valence-corrected chi connectivity index (χ1v) is 5.70. The fraction of sp³-hybridized carbons (Fsp3) is 0.538. The first-order chi connectivity index (χ1) is 7.77. The van der Waals surface area contributed by atoms with Gasteiger partial charge in [-0.25, -0.2) is 0 Å². The zero-order valence-corrected chi connectivity index (χ0v) is 10.4. The van der Waals surface area contributed by atoms with E-state index in [-0.39, 0.29) is 0 Å². The zero-order valence-electron chi connectivity index (χ0n) is 10.4. The summed E-state index contributed by atoms with van der Waals surface area (Å²) < 4.78 is 10.5. The van der Waals surface area contributed by atoms with Crippen molar-refractivity contribution in [2.75, 3.05) is 26.9 Å². The molecule has 1 rings (SSSR count). The van der Waals surface area contributed by atoms with E-state index in [1.165, 1.54) is 11.1 Å². The fourth-order valence-corrected chi connectivity index (χ4v) is 1.57. The molecular formula is C13H21NO2. The molecule has 0 aliphatic heterocycles. The summed E-state index contributed by atoms with van der Waals surface area (Å²) >= 11 is 0. The lowest BCUT2D eigenvalue weighted by Crippen LogP contribution is -2.19. The molecule has 0 saturated heterocycles. The minimum absolute atomic E-state index is 0.769. The summed E-state index contributed by atoms with van der Waals surface area (Å²) in [4.78, 5) is 0. The van der Waals surface area contributed by atoms with Crippen LogP contribution >= 0.6 is 0 Å². The van der Waals surface area contributed by atoms with Gasteiger partial charge in [-0.2, -0.15) is 0 Å². The maximum Gasteiger partial charge on any atom is 0.121 e. The first-order valence-electron chi connectivity index (χ1n) is 5.70. The average Bonchev–Trinajstić information content (AvgIpc) is 2.29. The molecule has 0 bridgehead atoms. The van der Waals surface area contributed by atoms with Crippen LogP contribution in [0.1, 0.15) is 18.1 Å². The summed E-state index contributed by atoms with van der Waals surface area (Å²) in [7, 11) is 1.70. The van der Waals surface area contributed by atoms with Gasteiger partial charge in [0, 0.05) is 19.7 Å². The third-order valence-electron chi connectivity index (χ3n) is 2.42. The number of benzene rings is 1. The maximum absolute atomic E-state index is 5.25. The molecule has 3 nitrogen and oxygen atoms in total. The monoisotopic (exact) mass is 223 g/mol. The van der Waals surface area contributed by atoms with Crippen LogP contribution in [0, 0.1) is 6.92 Å². The summed E-state index contributed by atoms with van der Waals surface area (Å²) in [6.45, 7) is 7.38. The molecule has 0 atom stereocenters. The summed E-state index contributed by atoms with van der Waals surface area (Å²) in [6, 6.07) is 6.24. The van der Waals surface area contributed by atoms with E-state index in [2.05, 4.69) is 24.4 Å². The van der Waals surface area contributed by atoms with E-state index < -0.39 is 0 Å². The maximum atomic E-state index is 5.25. The standard InChI is InChI=1S/C13H21NO2/c1-4-16-8-7-14-10-12-5-6-13(15-3)11(2)9-12/h5-6,9,14H,4,7-8,10H2,1-3H3. The van der Waals surface area contributed by atoms with Crippen LogP contribution in [0.3, 0.4) is 0 Å². The molecule has 0 saturated carbocycles. The third kappa shape index (κ3) is 4.21. The second kappa shape index (κ2) is 7.25. The Balaban J connectivity index is 2.34. The lowest BCUT2D eigenvalue weighted by atomic mass is 10.1. The topological polar surface area (TPSA) is 30.5 Å². The first kappa shape index (κ1) is 13.0. The van der Waals surface area contributed by atoms with Crippen molar-refractivity contribution in [2.24, 2.45) is 0 Å². The summed E-state index contributed by atoms with van der Waals surface area (Å²) in [5.74, 6) is 0.943. The van der Waals surface area contributed by atoms with Gasteiger partial charge < -0.3 is 14.8 Å². The van der Waals surface area contributed by atoms with Gasteiger partial charge >= 0.3 is 0 Å². The van der Waals surface area contributed by atoms with Gasteiger partial charge in [-0.15, -0.1) is 0 Å². The summed E-state index contributed by atoms with van der Waals surface area (Å²) in [5.41, 5.74) is 2.45. The third-order valence-corrected chi connectivity index (χ3v) is 2.42. The van der Waals surface area contributed by atoms with Crippen molar-refractivity contribution in [3.63, 3.8) is 0 Å². The van der Waals surface area contributed by atoms with Crippen LogP contribution in [0.2, 0.25) is 0 Å². The van der Waals surface area contributed by atoms with Crippen molar-refractivity contribution < 1.29 is 9.47 Å². The number of aryl methyl sites for hydroxylation is 1. The average molecular weight is 223 g/mol. The van der Waals surface area contributed by atoms with Gasteiger partial charge in [-0.1, -0.05) is 12.1 Å². The quantitative estimate of drug-likeness (QED) is 0.718. The molecule has 0 aromatic heterocycles. The van der Waals surface area contributed by atoms with Crippen LogP contribution in [0.5, 0.6) is 5.75 Å². The fourth-order valence-electron chi connectivity index (χ4n) is 1.57. The Hall–Kier alpha value is -1.06. The van der Waals surface area contributed by atoms with E-state index >= 15 is 0 Å². The van der Waals surface area contributed by atoms with Crippen molar-refractivity contribution in [2.45, 2.75) is 20.4 Å². The molecule has 0 aliphatic rings. The molecule has 0 unspecified atom stereocenters. The van der Waals surface area contributed by atoms with E-state index in [0.29, 0.717) is 0 Å². The Morgan fingerprint density at radius 3 is 2.75 bits per heavy atom. The van der Waals surface area contributed by atoms with Gasteiger partial charge in [0.2, 0.25) is 0 Å². The Morgan fingerprint density at radius 2 is 2.12 bits per heavy atom. The van der Waals surface area contributed by atoms with E-state index in [9.17, 15) is 0 Å². The van der Waals surface area contributed by atoms with E-state index in [1.807, 2.05) is 13.0 Å². The van der Waals surface area contributed by atoms with Crippen LogP contribution in [0.25, 0.3) is 0 Å². The van der Waals surface area contributed by atoms with Crippen molar-refractivity contribution in [1.29, 1.82) is 0 Å². The molecule has 0 aliphatic carbocycles. The van der Waals surface area contributed by atoms with Crippen LogP contribution in [0.4, 0.5) is 0 Å². The minimum atomic E-state index is 0.769. The van der Waals surface area contributed by atoms with Crippen LogP contribution < -0.4 is 10.1 Å². The second-order valence-corrected chi connectivity index (χ2v) is 3.68. The molecule has 0 heterocycles. The molecule has 16 heavy (non-hydrogen) atoms. The number of hydrogen-bond acceptors (Lipinski definition) is 3. The highest BCUT2D eigenvalue weighted by atomic mass is 16.5. The minimum Gasteiger partial charge on any atom is -0.496 e.